The van der Waals surface area contributed by atoms with Crippen molar-refractivity contribution < 1.29 is 9.59 Å². The maximum atomic E-state index is 13.0. The second-order valence-corrected chi connectivity index (χ2v) is 9.06. The highest BCUT2D eigenvalue weighted by molar-refractivity contribution is 5.95. The van der Waals surface area contributed by atoms with Crippen LogP contribution >= 0.6 is 0 Å². The molecule has 0 aromatic carbocycles. The van der Waals surface area contributed by atoms with Gasteiger partial charge in [0.25, 0.3) is 0 Å². The standard InChI is InChI=1S/C24H44N4O2/c1-6-10-26(11-7-2)13-14-27(9-4)24(30)25-21-16-20-17-23(29)19(5)15-22(20)28(18-21)12-8-3/h20-22H,5-18H2,1-4H3,(H,25,30)/t20-,21+,22-/m1/s1. The van der Waals surface area contributed by atoms with Gasteiger partial charge in [0.15, 0.2) is 5.78 Å². The molecule has 0 aromatic rings. The van der Waals surface area contributed by atoms with Crippen molar-refractivity contribution in [2.75, 3.05) is 45.8 Å². The molecular weight excluding hydrogens is 376 g/mol. The summed E-state index contributed by atoms with van der Waals surface area (Å²) in [5, 5.41) is 3.30. The number of nitrogens with one attached hydrogen (secondary N) is 1. The minimum atomic E-state index is 0.0388. The second kappa shape index (κ2) is 12.5. The fraction of sp³-hybridized carbons (Fsp3) is 0.833. The molecule has 0 spiro atoms. The molecule has 0 aromatic heterocycles. The maximum Gasteiger partial charge on any atom is 0.317 e. The lowest BCUT2D eigenvalue weighted by atomic mass is 9.74. The minimum absolute atomic E-state index is 0.0388. The number of carbonyl (C=O) groups is 2. The summed E-state index contributed by atoms with van der Waals surface area (Å²) in [6.45, 7) is 19.1. The minimum Gasteiger partial charge on any atom is -0.334 e. The van der Waals surface area contributed by atoms with Crippen LogP contribution in [0.15, 0.2) is 12.2 Å². The third-order valence-corrected chi connectivity index (χ3v) is 6.63. The first-order chi connectivity index (χ1) is 14.4. The Bertz CT molecular complexity index is 574. The van der Waals surface area contributed by atoms with E-state index in [0.29, 0.717) is 24.9 Å². The summed E-state index contributed by atoms with van der Waals surface area (Å²) < 4.78 is 0. The van der Waals surface area contributed by atoms with E-state index in [4.69, 9.17) is 0 Å². The van der Waals surface area contributed by atoms with Crippen molar-refractivity contribution in [2.24, 2.45) is 5.92 Å². The molecule has 0 radical (unpaired) electrons. The van der Waals surface area contributed by atoms with Gasteiger partial charge in [-0.15, -0.1) is 0 Å². The Morgan fingerprint density at radius 1 is 1.07 bits per heavy atom. The molecule has 6 heteroatoms. The molecule has 1 saturated heterocycles. The Kier molecular flexibility index (Phi) is 10.3. The van der Waals surface area contributed by atoms with E-state index in [9.17, 15) is 9.59 Å². The zero-order valence-corrected chi connectivity index (χ0v) is 19.8. The molecule has 1 aliphatic carbocycles. The summed E-state index contributed by atoms with van der Waals surface area (Å²) in [5.74, 6) is 0.537. The summed E-state index contributed by atoms with van der Waals surface area (Å²) in [6, 6.07) is 0.556. The lowest BCUT2D eigenvalue weighted by molar-refractivity contribution is -0.119. The Balaban J connectivity index is 1.95. The molecule has 1 aliphatic heterocycles. The maximum absolute atomic E-state index is 13.0. The molecule has 2 rings (SSSR count). The van der Waals surface area contributed by atoms with E-state index >= 15 is 0 Å². The number of urea groups is 1. The van der Waals surface area contributed by atoms with Gasteiger partial charge in [0.2, 0.25) is 0 Å². The van der Waals surface area contributed by atoms with Crippen LogP contribution in [0.5, 0.6) is 0 Å². The van der Waals surface area contributed by atoms with E-state index in [-0.39, 0.29) is 17.9 Å². The van der Waals surface area contributed by atoms with Gasteiger partial charge in [0, 0.05) is 44.7 Å². The Hall–Kier alpha value is -1.40. The van der Waals surface area contributed by atoms with Crippen molar-refractivity contribution in [1.29, 1.82) is 0 Å². The van der Waals surface area contributed by atoms with Gasteiger partial charge in [-0.05, 0) is 70.2 Å². The highest BCUT2D eigenvalue weighted by Gasteiger charge is 2.41. The number of rotatable bonds is 11. The molecule has 0 unspecified atom stereocenters. The molecule has 2 amide bonds. The smallest absolute Gasteiger partial charge is 0.317 e. The van der Waals surface area contributed by atoms with Gasteiger partial charge in [-0.3, -0.25) is 9.69 Å². The van der Waals surface area contributed by atoms with Crippen LogP contribution in [-0.2, 0) is 4.79 Å². The molecule has 2 aliphatic rings. The van der Waals surface area contributed by atoms with E-state index in [1.807, 2.05) is 4.90 Å². The van der Waals surface area contributed by atoms with E-state index in [1.54, 1.807) is 0 Å². The molecule has 1 N–H and O–H groups in total. The summed E-state index contributed by atoms with van der Waals surface area (Å²) in [6.07, 6.45) is 5.62. The first kappa shape index (κ1) is 24.9. The predicted octanol–water partition coefficient (Wildman–Crippen LogP) is 3.53. The summed E-state index contributed by atoms with van der Waals surface area (Å²) >= 11 is 0. The SMILES string of the molecule is C=C1C[C@@H]2[C@@H](CC1=O)C[C@H](NC(=O)N(CC)CCN(CCC)CCC)CN2CCC. The lowest BCUT2D eigenvalue weighted by Gasteiger charge is -2.47. The summed E-state index contributed by atoms with van der Waals surface area (Å²) in [4.78, 5) is 32.1. The van der Waals surface area contributed by atoms with Gasteiger partial charge in [-0.2, -0.15) is 0 Å². The van der Waals surface area contributed by atoms with Crippen LogP contribution in [-0.4, -0.2) is 84.4 Å². The van der Waals surface area contributed by atoms with Gasteiger partial charge in [0.1, 0.15) is 0 Å². The Morgan fingerprint density at radius 2 is 1.77 bits per heavy atom. The number of hydrogen-bond acceptors (Lipinski definition) is 4. The molecule has 3 atom stereocenters. The van der Waals surface area contributed by atoms with Crippen molar-refractivity contribution in [2.45, 2.75) is 78.3 Å². The van der Waals surface area contributed by atoms with E-state index in [1.165, 1.54) is 0 Å². The number of piperidine rings is 1. The van der Waals surface area contributed by atoms with Crippen molar-refractivity contribution in [3.05, 3.63) is 12.2 Å². The first-order valence-corrected chi connectivity index (χ1v) is 12.2. The molecule has 1 saturated carbocycles. The third-order valence-electron chi connectivity index (χ3n) is 6.63. The van der Waals surface area contributed by atoms with Gasteiger partial charge in [-0.1, -0.05) is 27.4 Å². The lowest BCUT2D eigenvalue weighted by Crippen LogP contribution is -2.59. The topological polar surface area (TPSA) is 55.9 Å². The molecule has 2 fully saturated rings. The molecule has 6 nitrogen and oxygen atoms in total. The normalized spacial score (nSPS) is 24.8. The van der Waals surface area contributed by atoms with Gasteiger partial charge in [0.05, 0.1) is 0 Å². The molecule has 1 heterocycles. The van der Waals surface area contributed by atoms with Crippen LogP contribution in [0.4, 0.5) is 4.79 Å². The number of Topliss-reactive ketones (excluding diaryl/α,β-unsaturated/α-hetero) is 1. The highest BCUT2D eigenvalue weighted by Crippen LogP contribution is 2.35. The number of hydrogen-bond donors (Lipinski definition) is 1. The van der Waals surface area contributed by atoms with Gasteiger partial charge >= 0.3 is 6.03 Å². The molecule has 172 valence electrons. The quantitative estimate of drug-likeness (QED) is 0.520. The summed E-state index contributed by atoms with van der Waals surface area (Å²) in [5.41, 5.74) is 0.778. The number of likely N-dealkylation sites (N-methyl/N-ethyl adjacent to an activating group) is 1. The highest BCUT2D eigenvalue weighted by atomic mass is 16.2. The molecule has 0 bridgehead atoms. The molecular formula is C24H44N4O2. The average molecular weight is 421 g/mol. The second-order valence-electron chi connectivity index (χ2n) is 9.06. The van der Waals surface area contributed by atoms with Crippen molar-refractivity contribution in [3.8, 4) is 0 Å². The van der Waals surface area contributed by atoms with Crippen molar-refractivity contribution in [3.63, 3.8) is 0 Å². The number of amides is 2. The fourth-order valence-corrected chi connectivity index (χ4v) is 5.13. The number of likely N-dealkylation sites (tertiary alicyclic amines) is 1. The van der Waals surface area contributed by atoms with E-state index in [0.717, 1.165) is 76.9 Å². The average Bonchev–Trinajstić information content (AvgIpc) is 2.70. The van der Waals surface area contributed by atoms with Crippen LogP contribution in [0.3, 0.4) is 0 Å². The number of fused-ring (bicyclic) bond motifs is 1. The zero-order chi connectivity index (χ0) is 22.1. The van der Waals surface area contributed by atoms with Crippen LogP contribution in [0.2, 0.25) is 0 Å². The van der Waals surface area contributed by atoms with Gasteiger partial charge < -0.3 is 15.1 Å². The summed E-state index contributed by atoms with van der Waals surface area (Å²) in [7, 11) is 0. The zero-order valence-electron chi connectivity index (χ0n) is 19.8. The van der Waals surface area contributed by atoms with Crippen LogP contribution in [0.25, 0.3) is 0 Å². The Labute approximate surface area is 184 Å². The van der Waals surface area contributed by atoms with Crippen molar-refractivity contribution in [1.82, 2.24) is 20.0 Å². The number of nitrogens with zero attached hydrogens (tertiary/aromatic N) is 3. The van der Waals surface area contributed by atoms with E-state index < -0.39 is 0 Å². The monoisotopic (exact) mass is 420 g/mol. The molecule has 30 heavy (non-hydrogen) atoms. The van der Waals surface area contributed by atoms with Gasteiger partial charge in [-0.25, -0.2) is 4.79 Å². The van der Waals surface area contributed by atoms with E-state index in [2.05, 4.69) is 49.4 Å². The van der Waals surface area contributed by atoms with Crippen LogP contribution in [0, 0.1) is 5.92 Å². The third kappa shape index (κ3) is 6.81. The fourth-order valence-electron chi connectivity index (χ4n) is 5.13. The Morgan fingerprint density at radius 3 is 2.37 bits per heavy atom. The predicted molar refractivity (Wildman–Crippen MR) is 124 cm³/mol. The number of carbonyl (C=O) groups excluding carboxylic acids is 2. The van der Waals surface area contributed by atoms with Crippen LogP contribution < -0.4 is 5.32 Å². The van der Waals surface area contributed by atoms with Crippen LogP contribution in [0.1, 0.15) is 66.2 Å². The number of ketones is 1. The van der Waals surface area contributed by atoms with Crippen molar-refractivity contribution >= 4 is 11.8 Å². The largest absolute Gasteiger partial charge is 0.334 e. The first-order valence-electron chi connectivity index (χ1n) is 12.2.